The minimum atomic E-state index is -0.268. The molecule has 0 atom stereocenters. The van der Waals surface area contributed by atoms with Crippen LogP contribution in [0.25, 0.3) is 10.8 Å². The number of phenolic OH excluding ortho intramolecular Hbond substituents is 1. The van der Waals surface area contributed by atoms with E-state index in [1.807, 2.05) is 18.2 Å². The van der Waals surface area contributed by atoms with Gasteiger partial charge in [0, 0.05) is 0 Å². The van der Waals surface area contributed by atoms with Crippen molar-refractivity contribution < 1.29 is 14.6 Å². The number of rotatable bonds is 12. The van der Waals surface area contributed by atoms with Gasteiger partial charge < -0.3 is 9.84 Å². The fraction of sp³-hybridized carbons (Fsp3) is 0.522. The lowest BCUT2D eigenvalue weighted by atomic mass is 10.1. The van der Waals surface area contributed by atoms with Gasteiger partial charge in [0.25, 0.3) is 0 Å². The van der Waals surface area contributed by atoms with Crippen molar-refractivity contribution in [1.29, 1.82) is 0 Å². The highest BCUT2D eigenvalue weighted by molar-refractivity contribution is 5.95. The van der Waals surface area contributed by atoms with Crippen molar-refractivity contribution in [3.05, 3.63) is 42.0 Å². The SMILES string of the molecule is CCCCCCCCCCCCOC(=O)c1ccc2cc(O)ccc2c1. The largest absolute Gasteiger partial charge is 0.508 e. The monoisotopic (exact) mass is 356 g/mol. The summed E-state index contributed by atoms with van der Waals surface area (Å²) < 4.78 is 5.38. The molecule has 0 heterocycles. The summed E-state index contributed by atoms with van der Waals surface area (Å²) in [7, 11) is 0. The van der Waals surface area contributed by atoms with E-state index in [2.05, 4.69) is 6.92 Å². The van der Waals surface area contributed by atoms with Crippen LogP contribution in [0.4, 0.5) is 0 Å². The quantitative estimate of drug-likeness (QED) is 0.343. The molecule has 0 bridgehead atoms. The van der Waals surface area contributed by atoms with Gasteiger partial charge in [-0.1, -0.05) is 76.8 Å². The van der Waals surface area contributed by atoms with Gasteiger partial charge >= 0.3 is 5.97 Å². The Balaban J connectivity index is 1.58. The van der Waals surface area contributed by atoms with Crippen LogP contribution in [0.15, 0.2) is 36.4 Å². The fourth-order valence-electron chi connectivity index (χ4n) is 3.20. The Morgan fingerprint density at radius 2 is 1.38 bits per heavy atom. The maximum Gasteiger partial charge on any atom is 0.338 e. The highest BCUT2D eigenvalue weighted by Gasteiger charge is 2.08. The molecule has 0 aromatic heterocycles. The maximum atomic E-state index is 12.1. The van der Waals surface area contributed by atoms with Crippen molar-refractivity contribution in [3.63, 3.8) is 0 Å². The van der Waals surface area contributed by atoms with Gasteiger partial charge in [-0.05, 0) is 41.5 Å². The van der Waals surface area contributed by atoms with Crippen molar-refractivity contribution in [2.45, 2.75) is 71.1 Å². The topological polar surface area (TPSA) is 46.5 Å². The predicted molar refractivity (Wildman–Crippen MR) is 108 cm³/mol. The molecule has 0 saturated carbocycles. The zero-order valence-corrected chi connectivity index (χ0v) is 16.0. The first-order chi connectivity index (χ1) is 12.7. The summed E-state index contributed by atoms with van der Waals surface area (Å²) in [6, 6.07) is 10.5. The van der Waals surface area contributed by atoms with Crippen molar-refractivity contribution in [2.75, 3.05) is 6.61 Å². The van der Waals surface area contributed by atoms with Gasteiger partial charge in [-0.15, -0.1) is 0 Å². The molecule has 3 heteroatoms. The van der Waals surface area contributed by atoms with E-state index < -0.39 is 0 Å². The van der Waals surface area contributed by atoms with Crippen molar-refractivity contribution in [2.24, 2.45) is 0 Å². The summed E-state index contributed by atoms with van der Waals surface area (Å²) in [4.78, 5) is 12.1. The zero-order valence-electron chi connectivity index (χ0n) is 16.0. The molecule has 142 valence electrons. The summed E-state index contributed by atoms with van der Waals surface area (Å²) in [6.45, 7) is 2.74. The first-order valence-electron chi connectivity index (χ1n) is 10.1. The molecule has 3 nitrogen and oxygen atoms in total. The molecule has 2 aromatic carbocycles. The average molecular weight is 357 g/mol. The van der Waals surface area contributed by atoms with Crippen LogP contribution in [0.5, 0.6) is 5.75 Å². The number of aromatic hydroxyl groups is 1. The number of carbonyl (C=O) groups excluding carboxylic acids is 1. The number of ether oxygens (including phenoxy) is 1. The molecule has 0 amide bonds. The lowest BCUT2D eigenvalue weighted by Crippen LogP contribution is -2.06. The summed E-state index contributed by atoms with van der Waals surface area (Å²) in [5, 5.41) is 11.3. The van der Waals surface area contributed by atoms with Crippen LogP contribution in [-0.4, -0.2) is 17.7 Å². The maximum absolute atomic E-state index is 12.1. The second kappa shape index (κ2) is 11.6. The number of hydrogen-bond acceptors (Lipinski definition) is 3. The smallest absolute Gasteiger partial charge is 0.338 e. The van der Waals surface area contributed by atoms with Gasteiger partial charge in [0.05, 0.1) is 12.2 Å². The number of benzene rings is 2. The van der Waals surface area contributed by atoms with E-state index in [1.54, 1.807) is 18.2 Å². The number of phenols is 1. The number of hydrogen-bond donors (Lipinski definition) is 1. The summed E-state index contributed by atoms with van der Waals surface area (Å²) in [5.74, 6) is -0.0373. The Labute approximate surface area is 157 Å². The van der Waals surface area contributed by atoms with Crippen LogP contribution >= 0.6 is 0 Å². The van der Waals surface area contributed by atoms with Gasteiger partial charge in [0.2, 0.25) is 0 Å². The van der Waals surface area contributed by atoms with E-state index in [4.69, 9.17) is 4.74 Å². The van der Waals surface area contributed by atoms with Gasteiger partial charge in [-0.25, -0.2) is 4.79 Å². The highest BCUT2D eigenvalue weighted by Crippen LogP contribution is 2.21. The average Bonchev–Trinajstić information content (AvgIpc) is 2.65. The van der Waals surface area contributed by atoms with Crippen LogP contribution in [0.2, 0.25) is 0 Å². The van der Waals surface area contributed by atoms with E-state index in [9.17, 15) is 9.90 Å². The molecule has 0 aliphatic heterocycles. The molecule has 0 radical (unpaired) electrons. The molecule has 0 aliphatic carbocycles. The standard InChI is InChI=1S/C23H32O3/c1-2-3-4-5-6-7-8-9-10-11-16-26-23(25)21-13-12-20-18-22(24)15-14-19(20)17-21/h12-15,17-18,24H,2-11,16H2,1H3. The minimum absolute atomic E-state index is 0.230. The molecule has 0 saturated heterocycles. The van der Waals surface area contributed by atoms with E-state index >= 15 is 0 Å². The first-order valence-corrected chi connectivity index (χ1v) is 10.1. The molecule has 26 heavy (non-hydrogen) atoms. The van der Waals surface area contributed by atoms with Crippen molar-refractivity contribution in [1.82, 2.24) is 0 Å². The third-order valence-electron chi connectivity index (χ3n) is 4.79. The minimum Gasteiger partial charge on any atom is -0.508 e. The Hall–Kier alpha value is -2.03. The van der Waals surface area contributed by atoms with Crippen LogP contribution in [0, 0.1) is 0 Å². The molecular formula is C23H32O3. The van der Waals surface area contributed by atoms with E-state index in [-0.39, 0.29) is 11.7 Å². The highest BCUT2D eigenvalue weighted by atomic mass is 16.5. The summed E-state index contributed by atoms with van der Waals surface area (Å²) in [5.41, 5.74) is 0.565. The molecular weight excluding hydrogens is 324 g/mol. The lowest BCUT2D eigenvalue weighted by Gasteiger charge is -2.06. The van der Waals surface area contributed by atoms with Crippen LogP contribution in [0.1, 0.15) is 81.5 Å². The number of carbonyl (C=O) groups is 1. The number of fused-ring (bicyclic) bond motifs is 1. The Morgan fingerprint density at radius 1 is 0.808 bits per heavy atom. The predicted octanol–water partition coefficient (Wildman–Crippen LogP) is 6.62. The van der Waals surface area contributed by atoms with Crippen LogP contribution < -0.4 is 0 Å². The van der Waals surface area contributed by atoms with E-state index in [1.165, 1.54) is 51.4 Å². The molecule has 2 rings (SSSR count). The summed E-state index contributed by atoms with van der Waals surface area (Å²) >= 11 is 0. The van der Waals surface area contributed by atoms with E-state index in [0.717, 1.165) is 23.6 Å². The normalized spacial score (nSPS) is 11.0. The van der Waals surface area contributed by atoms with Crippen LogP contribution in [-0.2, 0) is 4.74 Å². The number of unbranched alkanes of at least 4 members (excludes halogenated alkanes) is 9. The Bertz CT molecular complexity index is 678. The second-order valence-corrected chi connectivity index (χ2v) is 7.06. The molecule has 1 N–H and O–H groups in total. The molecule has 0 unspecified atom stereocenters. The first kappa shape index (κ1) is 20.3. The fourth-order valence-corrected chi connectivity index (χ4v) is 3.20. The molecule has 0 fully saturated rings. The Kier molecular flexibility index (Phi) is 9.02. The van der Waals surface area contributed by atoms with E-state index in [0.29, 0.717) is 12.2 Å². The van der Waals surface area contributed by atoms with Crippen molar-refractivity contribution in [3.8, 4) is 5.75 Å². The number of esters is 1. The van der Waals surface area contributed by atoms with Gasteiger partial charge in [-0.3, -0.25) is 0 Å². The third kappa shape index (κ3) is 7.07. The van der Waals surface area contributed by atoms with Gasteiger partial charge in [0.1, 0.15) is 5.75 Å². The summed E-state index contributed by atoms with van der Waals surface area (Å²) in [6.07, 6.45) is 12.7. The Morgan fingerprint density at radius 3 is 2.08 bits per heavy atom. The van der Waals surface area contributed by atoms with Gasteiger partial charge in [0.15, 0.2) is 0 Å². The van der Waals surface area contributed by atoms with Crippen molar-refractivity contribution >= 4 is 16.7 Å². The molecule has 0 aliphatic rings. The van der Waals surface area contributed by atoms with Gasteiger partial charge in [-0.2, -0.15) is 0 Å². The lowest BCUT2D eigenvalue weighted by molar-refractivity contribution is 0.0498. The molecule has 2 aromatic rings. The second-order valence-electron chi connectivity index (χ2n) is 7.06. The van der Waals surface area contributed by atoms with Crippen LogP contribution in [0.3, 0.4) is 0 Å². The molecule has 0 spiro atoms. The third-order valence-corrected chi connectivity index (χ3v) is 4.79. The zero-order chi connectivity index (χ0) is 18.6.